The Hall–Kier alpha value is -3.25. The molecular weight excluding hydrogens is 499 g/mol. The van der Waals surface area contributed by atoms with Crippen LogP contribution in [0.5, 0.6) is 5.75 Å². The Balaban J connectivity index is 1.51. The van der Waals surface area contributed by atoms with Crippen LogP contribution in [0.1, 0.15) is 0 Å². The minimum Gasteiger partial charge on any atom is -0.434 e. The number of hydrogen-bond acceptors (Lipinski definition) is 6. The highest BCUT2D eigenvalue weighted by Gasteiger charge is 2.32. The number of aromatic nitrogens is 3. The van der Waals surface area contributed by atoms with Gasteiger partial charge in [0.25, 0.3) is 0 Å². The maximum Gasteiger partial charge on any atom is 0.573 e. The number of ether oxygens (including phenoxy) is 1. The number of nitrogens with zero attached hydrogens (tertiary/aromatic N) is 3. The highest BCUT2D eigenvalue weighted by atomic mass is 79.9. The van der Waals surface area contributed by atoms with Crippen molar-refractivity contribution in [3.63, 3.8) is 0 Å². The van der Waals surface area contributed by atoms with E-state index in [0.29, 0.717) is 33.0 Å². The van der Waals surface area contributed by atoms with E-state index in [1.165, 1.54) is 18.3 Å². The van der Waals surface area contributed by atoms with Crippen LogP contribution in [-0.2, 0) is 0 Å². The summed E-state index contributed by atoms with van der Waals surface area (Å²) in [7, 11) is 0. The van der Waals surface area contributed by atoms with E-state index in [1.54, 1.807) is 36.5 Å². The predicted octanol–water partition coefficient (Wildman–Crippen LogP) is 5.75. The van der Waals surface area contributed by atoms with Crippen LogP contribution >= 0.6 is 28.1 Å². The summed E-state index contributed by atoms with van der Waals surface area (Å²) in [6.07, 6.45) is -1.73. The summed E-state index contributed by atoms with van der Waals surface area (Å²) >= 11 is 8.32. The molecule has 4 rings (SSSR count). The van der Waals surface area contributed by atoms with Gasteiger partial charge in [-0.3, -0.25) is 0 Å². The number of anilines is 2. The number of hydrogen-bond donors (Lipinski definition) is 2. The molecule has 7 nitrogen and oxygen atoms in total. The lowest BCUT2D eigenvalue weighted by atomic mass is 10.2. The van der Waals surface area contributed by atoms with Gasteiger partial charge in [-0.05, 0) is 54.7 Å². The molecule has 0 saturated carbocycles. The first-order valence-corrected chi connectivity index (χ1v) is 9.78. The Morgan fingerprint density at radius 3 is 2.68 bits per heavy atom. The average Bonchev–Trinajstić information content (AvgIpc) is 3.13. The molecule has 12 heteroatoms. The second-order valence-corrected chi connectivity index (χ2v) is 7.37. The van der Waals surface area contributed by atoms with Crippen molar-refractivity contribution in [2.45, 2.75) is 6.36 Å². The lowest BCUT2D eigenvalue weighted by Gasteiger charge is -2.16. The van der Waals surface area contributed by atoms with Gasteiger partial charge in [0.15, 0.2) is 22.1 Å². The fraction of sp³-hybridized carbons (Fsp3) is 0.0526. The standard InChI is InChI=1S/C19H11BrF3N5O2S/c20-11-3-4-12(14(9-11)30-19(21,22)23)26-18(31)27-15-8-10(5-7-24-15)17-28-16-13(29-17)2-1-6-25-16/h1-9H,(H2,24,26,27,31). The maximum atomic E-state index is 12.7. The maximum absolute atomic E-state index is 12.7. The molecule has 0 aliphatic rings. The molecule has 0 amide bonds. The number of fused-ring (bicyclic) bond motifs is 1. The molecule has 0 unspecified atom stereocenters. The molecule has 0 fully saturated rings. The lowest BCUT2D eigenvalue weighted by molar-refractivity contribution is -0.274. The number of halogens is 4. The van der Waals surface area contributed by atoms with E-state index in [4.69, 9.17) is 16.6 Å². The molecule has 0 aliphatic carbocycles. The molecule has 31 heavy (non-hydrogen) atoms. The van der Waals surface area contributed by atoms with Gasteiger partial charge in [0.05, 0.1) is 5.69 Å². The topological polar surface area (TPSA) is 85.1 Å². The number of pyridine rings is 2. The molecule has 0 saturated heterocycles. The number of benzene rings is 1. The second-order valence-electron chi connectivity index (χ2n) is 6.04. The summed E-state index contributed by atoms with van der Waals surface area (Å²) in [5.74, 6) is 0.235. The van der Waals surface area contributed by atoms with Gasteiger partial charge in [-0.25, -0.2) is 9.97 Å². The van der Waals surface area contributed by atoms with Crippen molar-refractivity contribution in [3.8, 4) is 17.2 Å². The van der Waals surface area contributed by atoms with Crippen LogP contribution in [0.3, 0.4) is 0 Å². The normalized spacial score (nSPS) is 11.4. The number of thiocarbonyl (C=S) groups is 1. The third-order valence-electron chi connectivity index (χ3n) is 3.83. The summed E-state index contributed by atoms with van der Waals surface area (Å²) in [6, 6.07) is 10.9. The Morgan fingerprint density at radius 2 is 1.90 bits per heavy atom. The van der Waals surface area contributed by atoms with Crippen LogP contribution in [-0.4, -0.2) is 26.4 Å². The van der Waals surface area contributed by atoms with Gasteiger partial charge in [-0.15, -0.1) is 13.2 Å². The van der Waals surface area contributed by atoms with E-state index in [9.17, 15) is 13.2 Å². The average molecular weight is 510 g/mol. The van der Waals surface area contributed by atoms with E-state index >= 15 is 0 Å². The van der Waals surface area contributed by atoms with Gasteiger partial charge in [-0.2, -0.15) is 4.98 Å². The fourth-order valence-electron chi connectivity index (χ4n) is 2.60. The quantitative estimate of drug-likeness (QED) is 0.336. The zero-order chi connectivity index (χ0) is 22.0. The van der Waals surface area contributed by atoms with Crippen molar-refractivity contribution in [3.05, 3.63) is 59.3 Å². The number of nitrogens with one attached hydrogen (secondary N) is 2. The lowest BCUT2D eigenvalue weighted by Crippen LogP contribution is -2.22. The monoisotopic (exact) mass is 509 g/mol. The number of alkyl halides is 3. The Morgan fingerprint density at radius 1 is 1.06 bits per heavy atom. The first-order valence-electron chi connectivity index (χ1n) is 8.58. The molecule has 158 valence electrons. The van der Waals surface area contributed by atoms with Gasteiger partial charge in [0, 0.05) is 22.4 Å². The van der Waals surface area contributed by atoms with Gasteiger partial charge in [-0.1, -0.05) is 15.9 Å². The first-order chi connectivity index (χ1) is 14.8. The molecule has 0 aliphatic heterocycles. The van der Waals surface area contributed by atoms with Gasteiger partial charge in [0.1, 0.15) is 5.82 Å². The minimum absolute atomic E-state index is 0.0122. The van der Waals surface area contributed by atoms with Gasteiger partial charge in [0.2, 0.25) is 5.89 Å². The first kappa shape index (κ1) is 21.0. The smallest absolute Gasteiger partial charge is 0.434 e. The van der Waals surface area contributed by atoms with Crippen LogP contribution < -0.4 is 15.4 Å². The van der Waals surface area contributed by atoms with E-state index in [-0.39, 0.29) is 10.8 Å². The Bertz CT molecular complexity index is 1230. The molecule has 3 aromatic heterocycles. The number of oxazole rings is 1. The van der Waals surface area contributed by atoms with Crippen molar-refractivity contribution in [1.29, 1.82) is 0 Å². The summed E-state index contributed by atoms with van der Waals surface area (Å²) < 4.78 is 48.2. The van der Waals surface area contributed by atoms with Gasteiger partial charge >= 0.3 is 6.36 Å². The summed E-state index contributed by atoms with van der Waals surface area (Å²) in [6.45, 7) is 0. The van der Waals surface area contributed by atoms with Crippen LogP contribution in [0.2, 0.25) is 0 Å². The zero-order valence-electron chi connectivity index (χ0n) is 15.3. The fourth-order valence-corrected chi connectivity index (χ4v) is 3.16. The van der Waals surface area contributed by atoms with Crippen LogP contribution in [0.15, 0.2) is 63.7 Å². The summed E-state index contributed by atoms with van der Waals surface area (Å²) in [5, 5.41) is 5.50. The van der Waals surface area contributed by atoms with Crippen molar-refractivity contribution in [1.82, 2.24) is 15.0 Å². The molecule has 0 radical (unpaired) electrons. The van der Waals surface area contributed by atoms with E-state index in [1.807, 2.05) is 0 Å². The minimum atomic E-state index is -4.85. The van der Waals surface area contributed by atoms with Crippen LogP contribution in [0.25, 0.3) is 22.7 Å². The molecule has 2 N–H and O–H groups in total. The molecule has 4 aromatic rings. The highest BCUT2D eigenvalue weighted by Crippen LogP contribution is 2.33. The molecule has 1 aromatic carbocycles. The van der Waals surface area contributed by atoms with Crippen molar-refractivity contribution in [2.24, 2.45) is 0 Å². The number of rotatable bonds is 4. The molecule has 0 atom stereocenters. The van der Waals surface area contributed by atoms with Crippen LogP contribution in [0.4, 0.5) is 24.7 Å². The molecular formula is C19H11BrF3N5O2S. The molecule has 0 bridgehead atoms. The Labute approximate surface area is 186 Å². The SMILES string of the molecule is FC(F)(F)Oc1cc(Br)ccc1NC(=S)Nc1cc(-c2nc3ncccc3o2)ccn1. The zero-order valence-corrected chi connectivity index (χ0v) is 17.7. The van der Waals surface area contributed by atoms with Crippen LogP contribution in [0, 0.1) is 0 Å². The van der Waals surface area contributed by atoms with Crippen molar-refractivity contribution in [2.75, 3.05) is 10.6 Å². The van der Waals surface area contributed by atoms with Gasteiger partial charge < -0.3 is 19.8 Å². The largest absolute Gasteiger partial charge is 0.573 e. The second kappa shape index (κ2) is 8.47. The van der Waals surface area contributed by atoms with E-state index in [0.717, 1.165) is 0 Å². The van der Waals surface area contributed by atoms with E-state index < -0.39 is 12.1 Å². The third kappa shape index (κ3) is 5.27. The molecule has 0 spiro atoms. The van der Waals surface area contributed by atoms with Crippen molar-refractivity contribution < 1.29 is 22.3 Å². The highest BCUT2D eigenvalue weighted by molar-refractivity contribution is 9.10. The molecule has 3 heterocycles. The third-order valence-corrected chi connectivity index (χ3v) is 4.53. The Kier molecular flexibility index (Phi) is 5.74. The summed E-state index contributed by atoms with van der Waals surface area (Å²) in [5.41, 5.74) is 1.64. The summed E-state index contributed by atoms with van der Waals surface area (Å²) in [4.78, 5) is 12.6. The predicted molar refractivity (Wildman–Crippen MR) is 116 cm³/mol. The van der Waals surface area contributed by atoms with E-state index in [2.05, 4.69) is 46.3 Å². The van der Waals surface area contributed by atoms with Crippen molar-refractivity contribution >= 4 is 56.0 Å².